The number of rotatable bonds is 6. The van der Waals surface area contributed by atoms with Crippen LogP contribution in [0.2, 0.25) is 0 Å². The first-order chi connectivity index (χ1) is 15.8. The normalized spacial score (nSPS) is 18.6. The van der Waals surface area contributed by atoms with Crippen LogP contribution in [0.25, 0.3) is 0 Å². The molecule has 1 fully saturated rings. The molecule has 2 atom stereocenters. The summed E-state index contributed by atoms with van der Waals surface area (Å²) in [6.45, 7) is 4.52. The Hall–Kier alpha value is -3.04. The predicted octanol–water partition coefficient (Wildman–Crippen LogP) is 3.52. The number of halogens is 2. The highest BCUT2D eigenvalue weighted by molar-refractivity contribution is 6.02. The van der Waals surface area contributed by atoms with Crippen LogP contribution in [-0.4, -0.2) is 43.7 Å². The van der Waals surface area contributed by atoms with E-state index < -0.39 is 23.5 Å². The van der Waals surface area contributed by atoms with E-state index in [-0.39, 0.29) is 24.4 Å². The smallest absolute Gasteiger partial charge is 0.407 e. The zero-order valence-electron chi connectivity index (χ0n) is 18.7. The third-order valence-corrected chi connectivity index (χ3v) is 6.07. The third kappa shape index (κ3) is 4.99. The molecule has 33 heavy (non-hydrogen) atoms. The second-order valence-electron chi connectivity index (χ2n) is 8.65. The van der Waals surface area contributed by atoms with Gasteiger partial charge < -0.3 is 20.7 Å². The summed E-state index contributed by atoms with van der Waals surface area (Å²) in [5, 5.41) is 3.47. The molecular weight excluding hydrogens is 430 g/mol. The van der Waals surface area contributed by atoms with Crippen LogP contribution in [0.1, 0.15) is 38.2 Å². The lowest BCUT2D eigenvalue weighted by Gasteiger charge is -2.40. The van der Waals surface area contributed by atoms with E-state index in [1.807, 2.05) is 19.1 Å². The van der Waals surface area contributed by atoms with Gasteiger partial charge in [0.15, 0.2) is 11.6 Å². The Morgan fingerprint density at radius 3 is 2.61 bits per heavy atom. The van der Waals surface area contributed by atoms with Crippen LogP contribution in [-0.2, 0) is 4.79 Å². The van der Waals surface area contributed by atoms with Gasteiger partial charge in [-0.1, -0.05) is 6.07 Å². The molecule has 0 aromatic heterocycles. The van der Waals surface area contributed by atoms with Crippen molar-refractivity contribution < 1.29 is 23.1 Å². The first-order valence-electron chi connectivity index (χ1n) is 11.1. The van der Waals surface area contributed by atoms with Crippen molar-refractivity contribution in [2.45, 2.75) is 44.7 Å². The molecule has 0 saturated heterocycles. The molecule has 1 saturated carbocycles. The van der Waals surface area contributed by atoms with E-state index in [4.69, 9.17) is 10.5 Å². The fraction of sp³-hybridized carbons (Fsp3) is 0.417. The van der Waals surface area contributed by atoms with Gasteiger partial charge in [0.25, 0.3) is 0 Å². The lowest BCUT2D eigenvalue weighted by Crippen LogP contribution is -2.52. The van der Waals surface area contributed by atoms with Gasteiger partial charge in [0.2, 0.25) is 5.91 Å². The summed E-state index contributed by atoms with van der Waals surface area (Å²) in [5.41, 5.74) is 7.95. The molecule has 1 unspecified atom stereocenters. The van der Waals surface area contributed by atoms with E-state index in [0.717, 1.165) is 36.6 Å². The zero-order chi connectivity index (χ0) is 23.7. The molecule has 2 aromatic rings. The van der Waals surface area contributed by atoms with Gasteiger partial charge in [-0.3, -0.25) is 9.69 Å². The highest BCUT2D eigenvalue weighted by atomic mass is 19.1. The van der Waals surface area contributed by atoms with Crippen molar-refractivity contribution in [2.75, 3.05) is 29.4 Å². The minimum Gasteiger partial charge on any atom is -0.407 e. The summed E-state index contributed by atoms with van der Waals surface area (Å²) in [4.78, 5) is 28.4. The average Bonchev–Trinajstić information content (AvgIpc) is 3.60. The first-order valence-corrected chi connectivity index (χ1v) is 11.1. The second kappa shape index (κ2) is 9.44. The molecule has 0 radical (unpaired) electrons. The molecule has 1 aliphatic heterocycles. The molecule has 0 bridgehead atoms. The Morgan fingerprint density at radius 2 is 1.94 bits per heavy atom. The van der Waals surface area contributed by atoms with E-state index in [1.54, 1.807) is 11.0 Å². The van der Waals surface area contributed by atoms with E-state index >= 15 is 0 Å². The van der Waals surface area contributed by atoms with E-state index in [0.29, 0.717) is 30.5 Å². The number of hydrogen-bond donors (Lipinski definition) is 2. The summed E-state index contributed by atoms with van der Waals surface area (Å²) < 4.78 is 32.8. The van der Waals surface area contributed by atoms with Gasteiger partial charge in [0.05, 0.1) is 17.4 Å². The Bertz CT molecular complexity index is 1060. The Labute approximate surface area is 191 Å². The van der Waals surface area contributed by atoms with E-state index in [9.17, 15) is 18.4 Å². The molecule has 1 heterocycles. The molecule has 2 amide bonds. The molecular formula is C24H28F2N4O3. The Morgan fingerprint density at radius 1 is 1.18 bits per heavy atom. The standard InChI is InChI=1S/C24H28F2N4O3/c1-14-13-29(24(32)33-23-10-18(25)4-7-20(23)26)22-9-16(3-8-21(22)30(14)15(2)31)17(11-27)12-28-19-5-6-19/h3-4,7-10,14,17,19,28H,5-6,11-13,27H2,1-2H3/t14-,17?/m0/s1. The number of anilines is 2. The van der Waals surface area contributed by atoms with Crippen molar-refractivity contribution in [1.29, 1.82) is 0 Å². The quantitative estimate of drug-likeness (QED) is 0.692. The molecule has 7 nitrogen and oxygen atoms in total. The maximum Gasteiger partial charge on any atom is 0.419 e. The van der Waals surface area contributed by atoms with Crippen LogP contribution in [0.3, 0.4) is 0 Å². The number of fused-ring (bicyclic) bond motifs is 1. The third-order valence-electron chi connectivity index (χ3n) is 6.07. The maximum absolute atomic E-state index is 14.1. The van der Waals surface area contributed by atoms with E-state index in [1.165, 1.54) is 11.8 Å². The summed E-state index contributed by atoms with van der Waals surface area (Å²) in [6, 6.07) is 8.40. The fourth-order valence-electron chi connectivity index (χ4n) is 4.19. The van der Waals surface area contributed by atoms with Crippen molar-refractivity contribution in [3.63, 3.8) is 0 Å². The van der Waals surface area contributed by atoms with Gasteiger partial charge in [-0.25, -0.2) is 13.6 Å². The summed E-state index contributed by atoms with van der Waals surface area (Å²) >= 11 is 0. The number of carbonyl (C=O) groups excluding carboxylic acids is 2. The van der Waals surface area contributed by atoms with Crippen LogP contribution >= 0.6 is 0 Å². The summed E-state index contributed by atoms with van der Waals surface area (Å²) in [6.07, 6.45) is 1.46. The van der Waals surface area contributed by atoms with Crippen molar-refractivity contribution in [3.05, 3.63) is 53.6 Å². The molecule has 2 aromatic carbocycles. The zero-order valence-corrected chi connectivity index (χ0v) is 18.7. The molecule has 9 heteroatoms. The number of hydrogen-bond acceptors (Lipinski definition) is 5. The minimum absolute atomic E-state index is 0.0135. The second-order valence-corrected chi connectivity index (χ2v) is 8.65. The van der Waals surface area contributed by atoms with Gasteiger partial charge in [-0.15, -0.1) is 0 Å². The summed E-state index contributed by atoms with van der Waals surface area (Å²) in [7, 11) is 0. The van der Waals surface area contributed by atoms with Crippen molar-refractivity contribution in [2.24, 2.45) is 5.73 Å². The van der Waals surface area contributed by atoms with Crippen molar-refractivity contribution >= 4 is 23.4 Å². The van der Waals surface area contributed by atoms with Crippen LogP contribution in [0.5, 0.6) is 5.75 Å². The first kappa shape index (κ1) is 23.1. The predicted molar refractivity (Wildman–Crippen MR) is 122 cm³/mol. The average molecular weight is 459 g/mol. The van der Waals surface area contributed by atoms with Crippen molar-refractivity contribution in [3.8, 4) is 5.75 Å². The topological polar surface area (TPSA) is 87.9 Å². The lowest BCUT2D eigenvalue weighted by atomic mass is 9.96. The molecule has 1 aliphatic carbocycles. The molecule has 4 rings (SSSR count). The van der Waals surface area contributed by atoms with Gasteiger partial charge in [-0.05, 0) is 49.6 Å². The monoisotopic (exact) mass is 458 g/mol. The van der Waals surface area contributed by atoms with Crippen LogP contribution < -0.4 is 25.6 Å². The van der Waals surface area contributed by atoms with E-state index in [2.05, 4.69) is 5.32 Å². The summed E-state index contributed by atoms with van der Waals surface area (Å²) in [5.74, 6) is -2.20. The molecule has 2 aliphatic rings. The highest BCUT2D eigenvalue weighted by Crippen LogP contribution is 2.38. The van der Waals surface area contributed by atoms with Gasteiger partial charge >= 0.3 is 6.09 Å². The Kier molecular flexibility index (Phi) is 6.62. The fourth-order valence-corrected chi connectivity index (χ4v) is 4.19. The number of carbonyl (C=O) groups is 2. The number of nitrogens with one attached hydrogen (secondary N) is 1. The lowest BCUT2D eigenvalue weighted by molar-refractivity contribution is -0.117. The maximum atomic E-state index is 14.1. The number of nitrogens with two attached hydrogens (primary N) is 1. The molecule has 176 valence electrons. The van der Waals surface area contributed by atoms with Crippen LogP contribution in [0.4, 0.5) is 25.0 Å². The van der Waals surface area contributed by atoms with Gasteiger partial charge in [-0.2, -0.15) is 0 Å². The van der Waals surface area contributed by atoms with Gasteiger partial charge in [0.1, 0.15) is 5.82 Å². The van der Waals surface area contributed by atoms with Gasteiger partial charge in [0, 0.05) is 44.6 Å². The van der Waals surface area contributed by atoms with Crippen LogP contribution in [0, 0.1) is 11.6 Å². The molecule has 0 spiro atoms. The Balaban J connectivity index is 1.67. The largest absolute Gasteiger partial charge is 0.419 e. The minimum atomic E-state index is -0.853. The molecule has 3 N–H and O–H groups in total. The number of ether oxygens (including phenoxy) is 1. The highest BCUT2D eigenvalue weighted by Gasteiger charge is 2.35. The number of nitrogens with zero attached hydrogens (tertiary/aromatic N) is 2. The number of benzene rings is 2. The SMILES string of the molecule is CC(=O)N1c2ccc(C(CN)CNC3CC3)cc2N(C(=O)Oc2cc(F)ccc2F)C[C@@H]1C. The van der Waals surface area contributed by atoms with Crippen molar-refractivity contribution in [1.82, 2.24) is 5.32 Å². The van der Waals surface area contributed by atoms with Crippen LogP contribution in [0.15, 0.2) is 36.4 Å². The number of amides is 2.